The Morgan fingerprint density at radius 1 is 1.25 bits per heavy atom. The minimum atomic E-state index is 0.313. The van der Waals surface area contributed by atoms with Gasteiger partial charge in [0, 0.05) is 37.8 Å². The summed E-state index contributed by atoms with van der Waals surface area (Å²) in [5.41, 5.74) is 4.08. The summed E-state index contributed by atoms with van der Waals surface area (Å²) >= 11 is 0. The van der Waals surface area contributed by atoms with Crippen molar-refractivity contribution in [1.29, 1.82) is 0 Å². The van der Waals surface area contributed by atoms with Crippen molar-refractivity contribution in [2.24, 2.45) is 5.92 Å². The second-order valence-corrected chi connectivity index (χ2v) is 7.93. The van der Waals surface area contributed by atoms with Crippen molar-refractivity contribution in [2.45, 2.75) is 71.4 Å². The van der Waals surface area contributed by atoms with Crippen molar-refractivity contribution in [1.82, 2.24) is 20.0 Å². The Hall–Kier alpha value is -1.36. The molecule has 1 aliphatic heterocycles. The molecule has 0 bridgehead atoms. The van der Waals surface area contributed by atoms with Crippen LogP contribution in [0.15, 0.2) is 0 Å². The number of piperidine rings is 1. The van der Waals surface area contributed by atoms with Crippen molar-refractivity contribution in [2.75, 3.05) is 20.1 Å². The molecule has 1 aliphatic carbocycles. The zero-order valence-electron chi connectivity index (χ0n) is 15.5. The molecule has 3 rings (SSSR count). The number of aryl methyl sites for hydroxylation is 1. The molecule has 1 N–H and O–H groups in total. The number of nitrogens with zero attached hydrogens (tertiary/aromatic N) is 3. The molecule has 1 aromatic rings. The summed E-state index contributed by atoms with van der Waals surface area (Å²) in [7, 11) is 2.19. The van der Waals surface area contributed by atoms with E-state index in [-0.39, 0.29) is 0 Å². The predicted molar refractivity (Wildman–Crippen MR) is 95.8 cm³/mol. The Bertz CT molecular complexity index is 566. The number of rotatable bonds is 5. The fourth-order valence-electron chi connectivity index (χ4n) is 4.21. The van der Waals surface area contributed by atoms with Gasteiger partial charge in [0.15, 0.2) is 0 Å². The molecule has 5 nitrogen and oxygen atoms in total. The van der Waals surface area contributed by atoms with Crippen LogP contribution in [-0.2, 0) is 24.2 Å². The Kier molecular flexibility index (Phi) is 5.59. The van der Waals surface area contributed by atoms with Crippen molar-refractivity contribution < 1.29 is 4.79 Å². The van der Waals surface area contributed by atoms with Gasteiger partial charge in [0.2, 0.25) is 5.91 Å². The molecule has 0 aromatic carbocycles. The third-order valence-electron chi connectivity index (χ3n) is 5.55. The second-order valence-electron chi connectivity index (χ2n) is 7.93. The quantitative estimate of drug-likeness (QED) is 0.844. The fourth-order valence-corrected chi connectivity index (χ4v) is 4.21. The van der Waals surface area contributed by atoms with Gasteiger partial charge in [-0.2, -0.15) is 5.10 Å². The third-order valence-corrected chi connectivity index (χ3v) is 5.55. The number of carbonyl (C=O) groups excluding carboxylic acids is 1. The average Bonchev–Trinajstić information content (AvgIpc) is 2.77. The minimum Gasteiger partial charge on any atom is -0.340 e. The Morgan fingerprint density at radius 2 is 2.04 bits per heavy atom. The van der Waals surface area contributed by atoms with E-state index >= 15 is 0 Å². The van der Waals surface area contributed by atoms with Crippen LogP contribution in [0.3, 0.4) is 0 Å². The van der Waals surface area contributed by atoms with E-state index < -0.39 is 0 Å². The highest BCUT2D eigenvalue weighted by Gasteiger charge is 2.28. The molecule has 0 spiro atoms. The largest absolute Gasteiger partial charge is 0.340 e. The van der Waals surface area contributed by atoms with Crippen molar-refractivity contribution in [3.8, 4) is 0 Å². The standard InChI is InChI=1S/C19H32N4O/c1-14(2)23-12-15(9-10-19(23)24)11-22(3)13-18-16-7-5-4-6-8-17(16)20-21-18/h14-15H,4-13H2,1-3H3,(H,20,21). The number of hydrogen-bond acceptors (Lipinski definition) is 3. The van der Waals surface area contributed by atoms with Gasteiger partial charge in [0.1, 0.15) is 0 Å². The summed E-state index contributed by atoms with van der Waals surface area (Å²) in [5.74, 6) is 0.897. The monoisotopic (exact) mass is 332 g/mol. The van der Waals surface area contributed by atoms with Gasteiger partial charge in [0.25, 0.3) is 0 Å². The van der Waals surface area contributed by atoms with Gasteiger partial charge in [-0.3, -0.25) is 9.89 Å². The van der Waals surface area contributed by atoms with Crippen molar-refractivity contribution in [3.05, 3.63) is 17.0 Å². The molecule has 1 amide bonds. The molecule has 1 saturated heterocycles. The van der Waals surface area contributed by atoms with E-state index in [0.717, 1.165) is 32.5 Å². The van der Waals surface area contributed by atoms with Gasteiger partial charge in [-0.05, 0) is 64.5 Å². The molecule has 134 valence electrons. The summed E-state index contributed by atoms with van der Waals surface area (Å²) in [6.45, 7) is 7.08. The SMILES string of the molecule is CC(C)N1CC(CN(C)Cc2n[nH]c3c2CCCCC3)CCC1=O. The predicted octanol–water partition coefficient (Wildman–Crippen LogP) is 2.76. The smallest absolute Gasteiger partial charge is 0.222 e. The van der Waals surface area contributed by atoms with Crippen LogP contribution in [0.4, 0.5) is 0 Å². The number of H-pyrrole nitrogens is 1. The maximum atomic E-state index is 12.0. The number of aromatic nitrogens is 2. The number of aromatic amines is 1. The molecule has 1 atom stereocenters. The van der Waals surface area contributed by atoms with E-state index in [0.29, 0.717) is 24.3 Å². The van der Waals surface area contributed by atoms with Gasteiger partial charge in [0.05, 0.1) is 5.69 Å². The lowest BCUT2D eigenvalue weighted by molar-refractivity contribution is -0.136. The zero-order valence-corrected chi connectivity index (χ0v) is 15.5. The molecular formula is C19H32N4O. The number of amides is 1. The highest BCUT2D eigenvalue weighted by atomic mass is 16.2. The Morgan fingerprint density at radius 3 is 2.83 bits per heavy atom. The van der Waals surface area contributed by atoms with E-state index in [2.05, 4.69) is 36.0 Å². The molecule has 2 heterocycles. The van der Waals surface area contributed by atoms with E-state index in [9.17, 15) is 4.79 Å². The zero-order chi connectivity index (χ0) is 17.1. The highest BCUT2D eigenvalue weighted by Crippen LogP contribution is 2.24. The summed E-state index contributed by atoms with van der Waals surface area (Å²) in [6.07, 6.45) is 7.95. The van der Waals surface area contributed by atoms with Gasteiger partial charge in [-0.25, -0.2) is 0 Å². The molecule has 24 heavy (non-hydrogen) atoms. The lowest BCUT2D eigenvalue weighted by atomic mass is 9.96. The van der Waals surface area contributed by atoms with E-state index in [1.807, 2.05) is 4.90 Å². The van der Waals surface area contributed by atoms with Gasteiger partial charge in [-0.1, -0.05) is 6.42 Å². The van der Waals surface area contributed by atoms with Gasteiger partial charge < -0.3 is 9.80 Å². The van der Waals surface area contributed by atoms with Crippen molar-refractivity contribution in [3.63, 3.8) is 0 Å². The molecule has 5 heteroatoms. The summed E-state index contributed by atoms with van der Waals surface area (Å²) in [6, 6.07) is 0.313. The van der Waals surface area contributed by atoms with Crippen LogP contribution in [0.25, 0.3) is 0 Å². The molecule has 1 unspecified atom stereocenters. The van der Waals surface area contributed by atoms with Crippen LogP contribution in [0, 0.1) is 5.92 Å². The molecule has 1 fully saturated rings. The minimum absolute atomic E-state index is 0.313. The van der Waals surface area contributed by atoms with Crippen molar-refractivity contribution >= 4 is 5.91 Å². The Balaban J connectivity index is 1.57. The first-order chi connectivity index (χ1) is 11.5. The molecular weight excluding hydrogens is 300 g/mol. The number of hydrogen-bond donors (Lipinski definition) is 1. The number of fused-ring (bicyclic) bond motifs is 1. The van der Waals surface area contributed by atoms with E-state index in [4.69, 9.17) is 0 Å². The number of likely N-dealkylation sites (tertiary alicyclic amines) is 1. The topological polar surface area (TPSA) is 52.2 Å². The maximum Gasteiger partial charge on any atom is 0.222 e. The van der Waals surface area contributed by atoms with E-state index in [1.165, 1.54) is 42.6 Å². The van der Waals surface area contributed by atoms with Crippen LogP contribution < -0.4 is 0 Å². The molecule has 2 aliphatic rings. The normalized spacial score (nSPS) is 22.1. The first kappa shape index (κ1) is 17.5. The number of carbonyl (C=O) groups is 1. The lowest BCUT2D eigenvalue weighted by Gasteiger charge is -2.37. The molecule has 0 radical (unpaired) electrons. The van der Waals surface area contributed by atoms with Gasteiger partial charge in [-0.15, -0.1) is 0 Å². The van der Waals surface area contributed by atoms with Crippen LogP contribution in [-0.4, -0.2) is 52.1 Å². The van der Waals surface area contributed by atoms with Crippen LogP contribution in [0.1, 0.15) is 62.9 Å². The van der Waals surface area contributed by atoms with Crippen LogP contribution in [0.2, 0.25) is 0 Å². The molecule has 0 saturated carbocycles. The Labute approximate surface area is 145 Å². The average molecular weight is 332 g/mol. The fraction of sp³-hybridized carbons (Fsp3) is 0.789. The highest BCUT2D eigenvalue weighted by molar-refractivity contribution is 5.77. The number of nitrogens with one attached hydrogen (secondary N) is 1. The summed E-state index contributed by atoms with van der Waals surface area (Å²) in [5, 5.41) is 7.87. The molecule has 1 aromatic heterocycles. The second kappa shape index (κ2) is 7.68. The summed E-state index contributed by atoms with van der Waals surface area (Å²) < 4.78 is 0. The summed E-state index contributed by atoms with van der Waals surface area (Å²) in [4.78, 5) is 16.4. The maximum absolute atomic E-state index is 12.0. The lowest BCUT2D eigenvalue weighted by Crippen LogP contribution is -2.46. The first-order valence-corrected chi connectivity index (χ1v) is 9.57. The van der Waals surface area contributed by atoms with Gasteiger partial charge >= 0.3 is 0 Å². The third kappa shape index (κ3) is 4.00. The van der Waals surface area contributed by atoms with Crippen LogP contribution in [0.5, 0.6) is 0 Å². The van der Waals surface area contributed by atoms with E-state index in [1.54, 1.807) is 0 Å². The van der Waals surface area contributed by atoms with Crippen LogP contribution >= 0.6 is 0 Å². The first-order valence-electron chi connectivity index (χ1n) is 9.57.